The molecule has 266 valence electrons. The highest BCUT2D eigenvalue weighted by molar-refractivity contribution is 7.25. The zero-order valence-corrected chi connectivity index (χ0v) is 31.6. The average Bonchev–Trinajstić information content (AvgIpc) is 3.85. The van der Waals surface area contributed by atoms with Gasteiger partial charge < -0.3 is 9.32 Å². The SMILES string of the molecule is c1ccc2c(-c3ccc(N(c4ccc(-c5ccc6c(c5)sc5ccccc56)cc4)c4ccc5c(ccc6ccccc65)c4)c4c3oc3ccccc34)cccc2c1. The Hall–Kier alpha value is -7.20. The van der Waals surface area contributed by atoms with Gasteiger partial charge in [-0.2, -0.15) is 0 Å². The molecule has 0 bridgehead atoms. The zero-order valence-electron chi connectivity index (χ0n) is 30.8. The molecule has 10 aromatic carbocycles. The summed E-state index contributed by atoms with van der Waals surface area (Å²) in [6.45, 7) is 0. The first kappa shape index (κ1) is 32.1. The molecule has 12 aromatic rings. The van der Waals surface area contributed by atoms with E-state index in [1.54, 1.807) is 0 Å². The topological polar surface area (TPSA) is 16.4 Å². The number of thiophene rings is 1. The van der Waals surface area contributed by atoms with Gasteiger partial charge in [0.2, 0.25) is 0 Å². The van der Waals surface area contributed by atoms with Crippen molar-refractivity contribution in [2.45, 2.75) is 0 Å². The maximum Gasteiger partial charge on any atom is 0.145 e. The van der Waals surface area contributed by atoms with Crippen LogP contribution in [0.2, 0.25) is 0 Å². The Morgan fingerprint density at radius 2 is 1.00 bits per heavy atom. The Balaban J connectivity index is 1.07. The molecule has 0 radical (unpaired) electrons. The van der Waals surface area contributed by atoms with Crippen molar-refractivity contribution in [3.8, 4) is 22.3 Å². The molecule has 57 heavy (non-hydrogen) atoms. The van der Waals surface area contributed by atoms with Crippen molar-refractivity contribution >= 4 is 103 Å². The third kappa shape index (κ3) is 5.10. The third-order valence-corrected chi connectivity index (χ3v) is 12.8. The fourth-order valence-electron chi connectivity index (χ4n) is 8.94. The van der Waals surface area contributed by atoms with Crippen molar-refractivity contribution < 1.29 is 4.42 Å². The van der Waals surface area contributed by atoms with Gasteiger partial charge in [0.05, 0.1) is 11.1 Å². The Morgan fingerprint density at radius 3 is 1.88 bits per heavy atom. The molecule has 0 spiro atoms. The summed E-state index contributed by atoms with van der Waals surface area (Å²) in [6.07, 6.45) is 0. The maximum atomic E-state index is 6.88. The molecule has 12 rings (SSSR count). The molecule has 0 unspecified atom stereocenters. The predicted octanol–water partition coefficient (Wildman–Crippen LogP) is 16.2. The monoisotopic (exact) mass is 743 g/mol. The standard InChI is InChI=1S/C54H33NOS/c1-4-14-42-35(10-1)12-9-17-44(42)47-30-31-49(53-48-16-5-7-18-50(48)56-54(47)53)55(40-27-29-43-38(32-40)21-20-36-11-2-3-13-41(36)43)39-25-22-34(23-26-39)37-24-28-46-45-15-6-8-19-51(45)57-52(46)33-37/h1-33H. The molecule has 2 aromatic heterocycles. The summed E-state index contributed by atoms with van der Waals surface area (Å²) in [7, 11) is 0. The number of furan rings is 1. The molecule has 0 N–H and O–H groups in total. The molecule has 0 aliphatic rings. The second kappa shape index (κ2) is 12.7. The summed E-state index contributed by atoms with van der Waals surface area (Å²) in [5, 5.41) is 12.2. The lowest BCUT2D eigenvalue weighted by molar-refractivity contribution is 0.670. The zero-order chi connectivity index (χ0) is 37.5. The molecule has 0 amide bonds. The summed E-state index contributed by atoms with van der Waals surface area (Å²) in [5.74, 6) is 0. The van der Waals surface area contributed by atoms with Crippen LogP contribution in [0, 0.1) is 0 Å². The molecule has 0 atom stereocenters. The summed E-state index contributed by atoms with van der Waals surface area (Å²) in [4.78, 5) is 2.41. The molecule has 0 fully saturated rings. The summed E-state index contributed by atoms with van der Waals surface area (Å²) < 4.78 is 9.51. The minimum Gasteiger partial charge on any atom is -0.455 e. The van der Waals surface area contributed by atoms with Crippen molar-refractivity contribution in [1.82, 2.24) is 0 Å². The Kier molecular flexibility index (Phi) is 7.13. The predicted molar refractivity (Wildman–Crippen MR) is 245 cm³/mol. The van der Waals surface area contributed by atoms with Crippen LogP contribution in [0.15, 0.2) is 205 Å². The van der Waals surface area contributed by atoms with E-state index < -0.39 is 0 Å². The average molecular weight is 744 g/mol. The maximum absolute atomic E-state index is 6.88. The van der Waals surface area contributed by atoms with Crippen LogP contribution in [0.4, 0.5) is 17.1 Å². The molecular weight excluding hydrogens is 711 g/mol. The van der Waals surface area contributed by atoms with E-state index in [0.717, 1.165) is 50.1 Å². The minimum atomic E-state index is 0.873. The summed E-state index contributed by atoms with van der Waals surface area (Å²) >= 11 is 1.86. The van der Waals surface area contributed by atoms with Gasteiger partial charge in [0, 0.05) is 42.5 Å². The van der Waals surface area contributed by atoms with Gasteiger partial charge in [0.25, 0.3) is 0 Å². The van der Waals surface area contributed by atoms with E-state index >= 15 is 0 Å². The van der Waals surface area contributed by atoms with E-state index in [4.69, 9.17) is 4.42 Å². The Morgan fingerprint density at radius 1 is 0.368 bits per heavy atom. The normalized spacial score (nSPS) is 11.9. The van der Waals surface area contributed by atoms with Crippen molar-refractivity contribution in [1.29, 1.82) is 0 Å². The van der Waals surface area contributed by atoms with E-state index in [9.17, 15) is 0 Å². The minimum absolute atomic E-state index is 0.873. The quantitative estimate of drug-likeness (QED) is 0.163. The van der Waals surface area contributed by atoms with Gasteiger partial charge in [-0.05, 0) is 104 Å². The van der Waals surface area contributed by atoms with Crippen LogP contribution >= 0.6 is 11.3 Å². The van der Waals surface area contributed by atoms with Crippen LogP contribution in [-0.2, 0) is 0 Å². The molecular formula is C54H33NOS. The second-order valence-corrected chi connectivity index (χ2v) is 15.9. The lowest BCUT2D eigenvalue weighted by atomic mass is 9.95. The van der Waals surface area contributed by atoms with Crippen LogP contribution in [0.1, 0.15) is 0 Å². The number of benzene rings is 10. The first-order chi connectivity index (χ1) is 28.2. The van der Waals surface area contributed by atoms with Gasteiger partial charge in [-0.1, -0.05) is 146 Å². The van der Waals surface area contributed by atoms with Crippen molar-refractivity contribution in [3.63, 3.8) is 0 Å². The molecule has 2 nitrogen and oxygen atoms in total. The smallest absolute Gasteiger partial charge is 0.145 e. The largest absolute Gasteiger partial charge is 0.455 e. The first-order valence-electron chi connectivity index (χ1n) is 19.4. The Labute approximate surface area is 333 Å². The molecule has 0 aliphatic carbocycles. The molecule has 0 saturated heterocycles. The fraction of sp³-hybridized carbons (Fsp3) is 0. The fourth-order valence-corrected chi connectivity index (χ4v) is 10.1. The Bertz CT molecular complexity index is 3530. The number of fused-ring (bicyclic) bond motifs is 10. The molecule has 0 saturated carbocycles. The van der Waals surface area contributed by atoms with Gasteiger partial charge >= 0.3 is 0 Å². The van der Waals surface area contributed by atoms with Gasteiger partial charge in [0.15, 0.2) is 0 Å². The van der Waals surface area contributed by atoms with Crippen LogP contribution in [0.5, 0.6) is 0 Å². The van der Waals surface area contributed by atoms with E-state index in [2.05, 4.69) is 205 Å². The highest BCUT2D eigenvalue weighted by Gasteiger charge is 2.23. The highest BCUT2D eigenvalue weighted by Crippen LogP contribution is 2.48. The highest BCUT2D eigenvalue weighted by atomic mass is 32.1. The number of anilines is 3. The van der Waals surface area contributed by atoms with Crippen LogP contribution < -0.4 is 4.90 Å². The van der Waals surface area contributed by atoms with Gasteiger partial charge in [-0.3, -0.25) is 0 Å². The van der Waals surface area contributed by atoms with Crippen molar-refractivity contribution in [2.24, 2.45) is 0 Å². The van der Waals surface area contributed by atoms with Gasteiger partial charge in [0.1, 0.15) is 11.2 Å². The number of nitrogens with zero attached hydrogens (tertiary/aromatic N) is 1. The van der Waals surface area contributed by atoms with E-state index in [-0.39, 0.29) is 0 Å². The molecule has 3 heteroatoms. The van der Waals surface area contributed by atoms with Crippen LogP contribution in [0.3, 0.4) is 0 Å². The second-order valence-electron chi connectivity index (χ2n) is 14.8. The first-order valence-corrected chi connectivity index (χ1v) is 20.2. The molecule has 2 heterocycles. The third-order valence-electron chi connectivity index (χ3n) is 11.6. The van der Waals surface area contributed by atoms with Gasteiger partial charge in [-0.25, -0.2) is 0 Å². The van der Waals surface area contributed by atoms with Crippen molar-refractivity contribution in [2.75, 3.05) is 4.90 Å². The molecule has 0 aliphatic heterocycles. The lowest BCUT2D eigenvalue weighted by Crippen LogP contribution is -2.10. The summed E-state index contributed by atoms with van der Waals surface area (Å²) in [5.41, 5.74) is 9.63. The number of hydrogen-bond acceptors (Lipinski definition) is 3. The van der Waals surface area contributed by atoms with E-state index in [1.165, 1.54) is 63.6 Å². The number of rotatable bonds is 5. The lowest BCUT2D eigenvalue weighted by Gasteiger charge is -2.27. The number of para-hydroxylation sites is 1. The van der Waals surface area contributed by atoms with E-state index in [0.29, 0.717) is 0 Å². The van der Waals surface area contributed by atoms with E-state index in [1.807, 2.05) is 11.3 Å². The van der Waals surface area contributed by atoms with Crippen LogP contribution in [0.25, 0.3) is 96.7 Å². The summed E-state index contributed by atoms with van der Waals surface area (Å²) in [6, 6.07) is 72.7. The van der Waals surface area contributed by atoms with Gasteiger partial charge in [-0.15, -0.1) is 11.3 Å². The van der Waals surface area contributed by atoms with Crippen LogP contribution in [-0.4, -0.2) is 0 Å². The number of hydrogen-bond donors (Lipinski definition) is 0. The van der Waals surface area contributed by atoms with Crippen molar-refractivity contribution in [3.05, 3.63) is 200 Å².